The molecular weight excluding hydrogens is 1200 g/mol. The number of carboxylic acid groups (broad SMARTS) is 1. The lowest BCUT2D eigenvalue weighted by Gasteiger charge is -2.25. The van der Waals surface area contributed by atoms with Crippen molar-refractivity contribution >= 4 is 17.9 Å². The van der Waals surface area contributed by atoms with Crippen LogP contribution in [0.5, 0.6) is 0 Å². The van der Waals surface area contributed by atoms with Gasteiger partial charge in [-0.05, 0) is 109 Å². The number of likely N-dealkylation sites (N-methyl/N-ethyl adjacent to an activating group) is 1. The van der Waals surface area contributed by atoms with E-state index in [2.05, 4.69) is 148 Å². The van der Waals surface area contributed by atoms with Crippen LogP contribution in [0.15, 0.2) is 134 Å². The van der Waals surface area contributed by atoms with Gasteiger partial charge in [-0.2, -0.15) is 0 Å². The van der Waals surface area contributed by atoms with E-state index in [1.54, 1.807) is 0 Å². The predicted octanol–water partition coefficient (Wildman–Crippen LogP) is 26.0. The highest BCUT2D eigenvalue weighted by atomic mass is 16.7. The van der Waals surface area contributed by atoms with Crippen molar-refractivity contribution in [2.75, 3.05) is 47.5 Å². The van der Waals surface area contributed by atoms with Crippen molar-refractivity contribution in [3.8, 4) is 0 Å². The molecule has 0 aliphatic carbocycles. The molecule has 0 bridgehead atoms. The molecule has 0 rings (SSSR count). The Morgan fingerprint density at radius 1 is 0.309 bits per heavy atom. The number of carbonyl (C=O) groups is 3. The molecule has 0 aromatic rings. The zero-order chi connectivity index (χ0) is 70.4. The molecule has 0 radical (unpaired) electrons. The summed E-state index contributed by atoms with van der Waals surface area (Å²) in [4.78, 5) is 37.7. The van der Waals surface area contributed by atoms with Crippen molar-refractivity contribution in [2.24, 2.45) is 0 Å². The lowest BCUT2D eigenvalue weighted by Crippen LogP contribution is -2.40. The van der Waals surface area contributed by atoms with Crippen LogP contribution >= 0.6 is 0 Å². The van der Waals surface area contributed by atoms with Crippen molar-refractivity contribution in [3.05, 3.63) is 134 Å². The highest BCUT2D eigenvalue weighted by Crippen LogP contribution is 2.19. The number of aliphatic carboxylic acids is 1. The molecule has 0 saturated heterocycles. The summed E-state index contributed by atoms with van der Waals surface area (Å²) in [5, 5.41) is 9.77. The van der Waals surface area contributed by atoms with Gasteiger partial charge in [0.25, 0.3) is 6.29 Å². The number of esters is 2. The quantitative estimate of drug-likeness (QED) is 0.0211. The fourth-order valence-electron chi connectivity index (χ4n) is 11.3. The van der Waals surface area contributed by atoms with Gasteiger partial charge >= 0.3 is 17.9 Å². The van der Waals surface area contributed by atoms with E-state index in [1.165, 1.54) is 199 Å². The van der Waals surface area contributed by atoms with Crippen molar-refractivity contribution in [1.29, 1.82) is 0 Å². The number of hydrogen-bond acceptors (Lipinski definition) is 7. The smallest absolute Gasteiger partial charge is 0.361 e. The Labute approximate surface area is 599 Å². The van der Waals surface area contributed by atoms with Crippen LogP contribution in [0.25, 0.3) is 0 Å². The molecule has 2 unspecified atom stereocenters. The Morgan fingerprint density at radius 2 is 0.557 bits per heavy atom. The SMILES string of the molecule is CC/C=C\C/C=C\C/C=C\C/C=C\C/C=C\C/C=C\C/C=C\CCCCCCCCCCCC(=O)OC(COC(=O)CCCCCCCCCCCCCCCCCCCCCCCCCCCCCC/C=C\C/C=C\C/C=C\C/C=C\CC)COC(OCC[N+](C)(C)C)C(=O)O. The van der Waals surface area contributed by atoms with Gasteiger partial charge < -0.3 is 28.5 Å². The maximum absolute atomic E-state index is 13.0. The third-order valence-electron chi connectivity index (χ3n) is 17.4. The Hall–Kier alpha value is -4.57. The molecular formula is C88H152NO8+. The van der Waals surface area contributed by atoms with E-state index in [0.717, 1.165) is 116 Å². The molecule has 9 heteroatoms. The van der Waals surface area contributed by atoms with E-state index in [-0.39, 0.29) is 32.2 Å². The van der Waals surface area contributed by atoms with Gasteiger partial charge in [0.05, 0.1) is 34.4 Å². The number of unbranched alkanes of at least 4 members (excludes halogenated alkanes) is 37. The number of carbonyl (C=O) groups excluding carboxylic acids is 2. The monoisotopic (exact) mass is 1350 g/mol. The molecule has 1 N–H and O–H groups in total. The minimum Gasteiger partial charge on any atom is -0.477 e. The van der Waals surface area contributed by atoms with Gasteiger partial charge in [-0.3, -0.25) is 9.59 Å². The molecule has 0 saturated carbocycles. The summed E-state index contributed by atoms with van der Waals surface area (Å²) in [6, 6.07) is 0. The van der Waals surface area contributed by atoms with Crippen LogP contribution in [0.4, 0.5) is 0 Å². The molecule has 0 fully saturated rings. The van der Waals surface area contributed by atoms with Crippen LogP contribution in [0.1, 0.15) is 348 Å². The summed E-state index contributed by atoms with van der Waals surface area (Å²) in [5.74, 6) is -2.00. The summed E-state index contributed by atoms with van der Waals surface area (Å²) < 4.78 is 23.0. The Bertz CT molecular complexity index is 2060. The normalized spacial score (nSPS) is 13.4. The van der Waals surface area contributed by atoms with Gasteiger partial charge in [0.15, 0.2) is 6.10 Å². The maximum Gasteiger partial charge on any atom is 0.361 e. The first-order valence-corrected chi connectivity index (χ1v) is 40.3. The Balaban J connectivity index is 4.00. The molecule has 0 aliphatic heterocycles. The summed E-state index contributed by atoms with van der Waals surface area (Å²) >= 11 is 0. The largest absolute Gasteiger partial charge is 0.477 e. The minimum absolute atomic E-state index is 0.183. The highest BCUT2D eigenvalue weighted by molar-refractivity contribution is 5.71. The van der Waals surface area contributed by atoms with E-state index >= 15 is 0 Å². The first-order chi connectivity index (χ1) is 47.6. The zero-order valence-corrected chi connectivity index (χ0v) is 63.7. The van der Waals surface area contributed by atoms with Crippen LogP contribution in [0.3, 0.4) is 0 Å². The van der Waals surface area contributed by atoms with Gasteiger partial charge in [0.1, 0.15) is 13.2 Å². The van der Waals surface area contributed by atoms with Crippen LogP contribution in [0, 0.1) is 0 Å². The number of nitrogens with zero attached hydrogens (tertiary/aromatic N) is 1. The van der Waals surface area contributed by atoms with E-state index in [0.29, 0.717) is 23.9 Å². The third-order valence-corrected chi connectivity index (χ3v) is 17.4. The summed E-state index contributed by atoms with van der Waals surface area (Å²) in [6.07, 6.45) is 109. The molecule has 556 valence electrons. The number of quaternary nitrogens is 1. The molecule has 0 spiro atoms. The van der Waals surface area contributed by atoms with Crippen molar-refractivity contribution in [1.82, 2.24) is 0 Å². The molecule has 0 aromatic carbocycles. The van der Waals surface area contributed by atoms with Crippen LogP contribution < -0.4 is 0 Å². The molecule has 2 atom stereocenters. The fourth-order valence-corrected chi connectivity index (χ4v) is 11.3. The number of rotatable bonds is 74. The molecule has 0 amide bonds. The number of ether oxygens (including phenoxy) is 4. The van der Waals surface area contributed by atoms with E-state index < -0.39 is 24.3 Å². The molecule has 0 aromatic heterocycles. The maximum atomic E-state index is 13.0. The molecule has 97 heavy (non-hydrogen) atoms. The molecule has 9 nitrogen and oxygen atoms in total. The van der Waals surface area contributed by atoms with Gasteiger partial charge in [-0.25, -0.2) is 4.79 Å². The second kappa shape index (κ2) is 77.2. The first-order valence-electron chi connectivity index (χ1n) is 40.3. The Morgan fingerprint density at radius 3 is 0.825 bits per heavy atom. The van der Waals surface area contributed by atoms with E-state index in [4.69, 9.17) is 18.9 Å². The van der Waals surface area contributed by atoms with E-state index in [1.807, 2.05) is 21.1 Å². The summed E-state index contributed by atoms with van der Waals surface area (Å²) in [6.45, 7) is 4.67. The number of carboxylic acids is 1. The topological polar surface area (TPSA) is 108 Å². The van der Waals surface area contributed by atoms with Crippen LogP contribution in [-0.4, -0.2) is 87.4 Å². The van der Waals surface area contributed by atoms with Gasteiger partial charge in [-0.1, -0.05) is 359 Å². The van der Waals surface area contributed by atoms with Crippen molar-refractivity contribution in [3.63, 3.8) is 0 Å². The Kier molecular flexibility index (Phi) is 73.5. The van der Waals surface area contributed by atoms with Crippen LogP contribution in [-0.2, 0) is 33.3 Å². The number of hydrogen-bond donors (Lipinski definition) is 1. The van der Waals surface area contributed by atoms with Gasteiger partial charge in [-0.15, -0.1) is 0 Å². The van der Waals surface area contributed by atoms with Gasteiger partial charge in [0.2, 0.25) is 0 Å². The van der Waals surface area contributed by atoms with Crippen molar-refractivity contribution in [2.45, 2.75) is 360 Å². The predicted molar refractivity (Wildman–Crippen MR) is 419 cm³/mol. The number of allylic oxidation sites excluding steroid dienone is 22. The third kappa shape index (κ3) is 78.6. The second-order valence-electron chi connectivity index (χ2n) is 28.0. The second-order valence-corrected chi connectivity index (χ2v) is 28.0. The summed E-state index contributed by atoms with van der Waals surface area (Å²) in [5.41, 5.74) is 0. The molecule has 0 heterocycles. The van der Waals surface area contributed by atoms with Crippen LogP contribution in [0.2, 0.25) is 0 Å². The summed E-state index contributed by atoms with van der Waals surface area (Å²) in [7, 11) is 5.98. The lowest BCUT2D eigenvalue weighted by molar-refractivity contribution is -0.870. The molecule has 0 aliphatic rings. The highest BCUT2D eigenvalue weighted by Gasteiger charge is 2.25. The standard InChI is InChI=1S/C88H151NO8/c1-6-8-10-12-14-16-18-20-22-24-26-28-30-32-34-36-38-39-40-41-42-43-44-45-46-47-49-50-52-54-56-58-60-62-64-66-68-70-72-74-76-78-85(90)95-82-84(83-96-88(87(92)93)94-81-80-89(3,4)5)97-86(91)79-77-75-73-71-69-67-65-63-61-59-57-55-53-51-48-37-35-33-31-29-27-25-23-21-19-17-15-13-11-9-7-2/h8-11,14-17,20-23,26-29,33,35,48,51,55,57,84,88H,6-7,12-13,18-19,24-25,30-32,34,36-47,49-50,52-54,56,58-83H2,1-5H3/p+1/b10-8-,11-9-,16-14-,17-15-,22-20-,23-21-,28-26-,29-27-,35-33-,51-48-,57-55-. The van der Waals surface area contributed by atoms with Gasteiger partial charge in [0, 0.05) is 12.8 Å². The fraction of sp³-hybridized carbons (Fsp3) is 0.716. The van der Waals surface area contributed by atoms with Crippen molar-refractivity contribution < 1.29 is 42.9 Å². The lowest BCUT2D eigenvalue weighted by atomic mass is 10.0. The minimum atomic E-state index is -1.52. The first kappa shape index (κ1) is 92.4. The zero-order valence-electron chi connectivity index (χ0n) is 63.7. The average molecular weight is 1350 g/mol. The van der Waals surface area contributed by atoms with E-state index in [9.17, 15) is 19.5 Å². The average Bonchev–Trinajstić information content (AvgIpc) is 2.39.